The van der Waals surface area contributed by atoms with E-state index in [1.165, 1.54) is 0 Å². The molecule has 0 bridgehead atoms. The van der Waals surface area contributed by atoms with Crippen LogP contribution in [0, 0.1) is 0 Å². The van der Waals surface area contributed by atoms with Crippen molar-refractivity contribution in [2.24, 2.45) is 5.73 Å². The summed E-state index contributed by atoms with van der Waals surface area (Å²) < 4.78 is 5.33. The van der Waals surface area contributed by atoms with Crippen molar-refractivity contribution in [3.8, 4) is 0 Å². The van der Waals surface area contributed by atoms with Crippen LogP contribution in [0.3, 0.4) is 0 Å². The first-order valence-electron chi connectivity index (χ1n) is 5.93. The molecule has 18 heavy (non-hydrogen) atoms. The molecular weight excluding hydrogens is 250 g/mol. The Balaban J connectivity index is 0.00000162. The minimum Gasteiger partial charge on any atom is -0.456 e. The van der Waals surface area contributed by atoms with Crippen LogP contribution in [0.5, 0.6) is 0 Å². The third kappa shape index (κ3) is 3.47. The Morgan fingerprint density at radius 2 is 1.94 bits per heavy atom. The van der Waals surface area contributed by atoms with Gasteiger partial charge in [0.1, 0.15) is 5.60 Å². The van der Waals surface area contributed by atoms with E-state index in [4.69, 9.17) is 10.5 Å². The SMILES string of the molecule is CC(C)(C)OC(=O)c1cccc(C2(N)CC2)c1.Cl. The Hall–Kier alpha value is -1.06. The van der Waals surface area contributed by atoms with Crippen molar-refractivity contribution in [3.63, 3.8) is 0 Å². The third-order valence-electron chi connectivity index (χ3n) is 2.86. The highest BCUT2D eigenvalue weighted by atomic mass is 35.5. The van der Waals surface area contributed by atoms with Crippen molar-refractivity contribution in [2.75, 3.05) is 0 Å². The molecule has 1 aliphatic rings. The largest absolute Gasteiger partial charge is 0.456 e. The maximum absolute atomic E-state index is 11.9. The van der Waals surface area contributed by atoms with Crippen molar-refractivity contribution in [2.45, 2.75) is 44.8 Å². The molecule has 0 heterocycles. The zero-order valence-corrected chi connectivity index (χ0v) is 11.8. The lowest BCUT2D eigenvalue weighted by atomic mass is 10.0. The number of hydrogen-bond acceptors (Lipinski definition) is 3. The lowest BCUT2D eigenvalue weighted by Crippen LogP contribution is -2.24. The second-order valence-corrected chi connectivity index (χ2v) is 5.74. The predicted molar refractivity (Wildman–Crippen MR) is 74.0 cm³/mol. The Morgan fingerprint density at radius 3 is 2.44 bits per heavy atom. The maximum Gasteiger partial charge on any atom is 0.338 e. The highest BCUT2D eigenvalue weighted by Crippen LogP contribution is 2.42. The van der Waals surface area contributed by atoms with E-state index in [1.54, 1.807) is 6.07 Å². The fourth-order valence-corrected chi connectivity index (χ4v) is 1.72. The summed E-state index contributed by atoms with van der Waals surface area (Å²) in [7, 11) is 0. The van der Waals surface area contributed by atoms with Gasteiger partial charge in [-0.1, -0.05) is 12.1 Å². The van der Waals surface area contributed by atoms with Gasteiger partial charge in [0.2, 0.25) is 0 Å². The zero-order chi connectivity index (χ0) is 12.7. The molecule has 0 aromatic heterocycles. The summed E-state index contributed by atoms with van der Waals surface area (Å²) in [5.41, 5.74) is 7.04. The number of hydrogen-bond donors (Lipinski definition) is 1. The van der Waals surface area contributed by atoms with Crippen LogP contribution in [0.1, 0.15) is 49.5 Å². The van der Waals surface area contributed by atoms with Gasteiger partial charge in [0.25, 0.3) is 0 Å². The van der Waals surface area contributed by atoms with Crippen LogP contribution in [-0.4, -0.2) is 11.6 Å². The molecule has 0 spiro atoms. The van der Waals surface area contributed by atoms with E-state index < -0.39 is 5.60 Å². The number of nitrogens with two attached hydrogens (primary N) is 1. The Morgan fingerprint density at radius 1 is 1.33 bits per heavy atom. The van der Waals surface area contributed by atoms with Crippen LogP contribution >= 0.6 is 12.4 Å². The molecule has 1 aromatic carbocycles. The molecule has 100 valence electrons. The van der Waals surface area contributed by atoms with Gasteiger partial charge in [-0.2, -0.15) is 0 Å². The molecule has 1 aromatic rings. The van der Waals surface area contributed by atoms with Gasteiger partial charge < -0.3 is 10.5 Å². The molecule has 2 rings (SSSR count). The first-order chi connectivity index (χ1) is 7.80. The zero-order valence-electron chi connectivity index (χ0n) is 11.0. The third-order valence-corrected chi connectivity index (χ3v) is 2.86. The maximum atomic E-state index is 11.9. The Labute approximate surface area is 114 Å². The fourth-order valence-electron chi connectivity index (χ4n) is 1.72. The molecule has 0 atom stereocenters. The minimum absolute atomic E-state index is 0. The molecule has 2 N–H and O–H groups in total. The summed E-state index contributed by atoms with van der Waals surface area (Å²) in [4.78, 5) is 11.9. The quantitative estimate of drug-likeness (QED) is 0.840. The first kappa shape index (κ1) is 15.0. The fraction of sp³-hybridized carbons (Fsp3) is 0.500. The molecule has 0 saturated heterocycles. The number of benzene rings is 1. The second-order valence-electron chi connectivity index (χ2n) is 5.74. The summed E-state index contributed by atoms with van der Waals surface area (Å²) in [6.07, 6.45) is 1.98. The second kappa shape index (κ2) is 4.90. The molecule has 3 nitrogen and oxygen atoms in total. The van der Waals surface area contributed by atoms with Gasteiger partial charge in [0.15, 0.2) is 0 Å². The van der Waals surface area contributed by atoms with Crippen LogP contribution in [0.2, 0.25) is 0 Å². The Kier molecular flexibility index (Phi) is 4.08. The monoisotopic (exact) mass is 269 g/mol. The average Bonchev–Trinajstić information content (AvgIpc) is 2.96. The van der Waals surface area contributed by atoms with Gasteiger partial charge in [-0.3, -0.25) is 0 Å². The van der Waals surface area contributed by atoms with Crippen molar-refractivity contribution in [1.29, 1.82) is 0 Å². The number of ether oxygens (including phenoxy) is 1. The summed E-state index contributed by atoms with van der Waals surface area (Å²) in [5.74, 6) is -0.288. The molecule has 1 aliphatic carbocycles. The van der Waals surface area contributed by atoms with Crippen LogP contribution in [0.4, 0.5) is 0 Å². The standard InChI is InChI=1S/C14H19NO2.ClH/c1-13(2,3)17-12(16)10-5-4-6-11(9-10)14(15)7-8-14;/h4-6,9H,7-8,15H2,1-3H3;1H. The van der Waals surface area contributed by atoms with Gasteiger partial charge in [-0.25, -0.2) is 4.79 Å². The van der Waals surface area contributed by atoms with Crippen molar-refractivity contribution in [3.05, 3.63) is 35.4 Å². The minimum atomic E-state index is -0.465. The van der Waals surface area contributed by atoms with E-state index in [1.807, 2.05) is 39.0 Å². The lowest BCUT2D eigenvalue weighted by molar-refractivity contribution is 0.00694. The van der Waals surface area contributed by atoms with E-state index >= 15 is 0 Å². The van der Waals surface area contributed by atoms with E-state index in [2.05, 4.69) is 0 Å². The summed E-state index contributed by atoms with van der Waals surface area (Å²) in [5, 5.41) is 0. The summed E-state index contributed by atoms with van der Waals surface area (Å²) in [6, 6.07) is 7.45. The molecule has 1 saturated carbocycles. The van der Waals surface area contributed by atoms with E-state index in [0.717, 1.165) is 18.4 Å². The van der Waals surface area contributed by atoms with Crippen LogP contribution in [-0.2, 0) is 10.3 Å². The normalized spacial score (nSPS) is 16.7. The number of rotatable bonds is 2. The molecule has 0 unspecified atom stereocenters. The van der Waals surface area contributed by atoms with Crippen LogP contribution in [0.25, 0.3) is 0 Å². The Bertz CT molecular complexity index is 447. The van der Waals surface area contributed by atoms with Crippen molar-refractivity contribution in [1.82, 2.24) is 0 Å². The van der Waals surface area contributed by atoms with Crippen LogP contribution < -0.4 is 5.73 Å². The van der Waals surface area contributed by atoms with Crippen LogP contribution in [0.15, 0.2) is 24.3 Å². The van der Waals surface area contributed by atoms with Gasteiger partial charge in [-0.15, -0.1) is 12.4 Å². The number of halogens is 1. The van der Waals surface area contributed by atoms with Gasteiger partial charge in [-0.05, 0) is 51.3 Å². The molecule has 0 radical (unpaired) electrons. The predicted octanol–water partition coefficient (Wildman–Crippen LogP) is 3.01. The summed E-state index contributed by atoms with van der Waals surface area (Å²) in [6.45, 7) is 5.58. The smallest absolute Gasteiger partial charge is 0.338 e. The lowest BCUT2D eigenvalue weighted by Gasteiger charge is -2.20. The molecule has 0 aliphatic heterocycles. The number of esters is 1. The van der Waals surface area contributed by atoms with Crippen molar-refractivity contribution < 1.29 is 9.53 Å². The molecular formula is C14H20ClNO2. The summed E-state index contributed by atoms with van der Waals surface area (Å²) >= 11 is 0. The molecule has 4 heteroatoms. The van der Waals surface area contributed by atoms with E-state index in [9.17, 15) is 4.79 Å². The number of carbonyl (C=O) groups excluding carboxylic acids is 1. The highest BCUT2D eigenvalue weighted by molar-refractivity contribution is 5.90. The molecule has 1 fully saturated rings. The van der Waals surface area contributed by atoms with Crippen molar-refractivity contribution >= 4 is 18.4 Å². The van der Waals surface area contributed by atoms with E-state index in [0.29, 0.717) is 5.56 Å². The average molecular weight is 270 g/mol. The van der Waals surface area contributed by atoms with Gasteiger partial charge in [0, 0.05) is 5.54 Å². The topological polar surface area (TPSA) is 52.3 Å². The van der Waals surface area contributed by atoms with E-state index in [-0.39, 0.29) is 23.9 Å². The first-order valence-corrected chi connectivity index (χ1v) is 5.93. The highest BCUT2D eigenvalue weighted by Gasteiger charge is 2.40. The molecule has 0 amide bonds. The van der Waals surface area contributed by atoms with Gasteiger partial charge in [0.05, 0.1) is 5.56 Å². The van der Waals surface area contributed by atoms with Gasteiger partial charge >= 0.3 is 5.97 Å². The number of carbonyl (C=O) groups is 1.